The Morgan fingerprint density at radius 1 is 1.35 bits per heavy atom. The largest absolute Gasteiger partial charge is 0.416 e. The van der Waals surface area contributed by atoms with E-state index in [1.165, 1.54) is 18.2 Å². The van der Waals surface area contributed by atoms with Crippen molar-refractivity contribution in [1.29, 1.82) is 0 Å². The van der Waals surface area contributed by atoms with Crippen LogP contribution in [0.2, 0.25) is 0 Å². The fourth-order valence-corrected chi connectivity index (χ4v) is 2.07. The molecule has 2 rings (SSSR count). The number of amides is 2. The molecule has 0 aromatic heterocycles. The van der Waals surface area contributed by atoms with Crippen molar-refractivity contribution >= 4 is 11.8 Å². The first-order valence-electron chi connectivity index (χ1n) is 6.07. The van der Waals surface area contributed by atoms with Crippen molar-refractivity contribution in [3.63, 3.8) is 0 Å². The third-order valence-corrected chi connectivity index (χ3v) is 3.12. The van der Waals surface area contributed by atoms with Crippen molar-refractivity contribution in [2.24, 2.45) is 5.92 Å². The first kappa shape index (κ1) is 14.4. The molecular formula is C13H13F3N2O2. The summed E-state index contributed by atoms with van der Waals surface area (Å²) in [5.74, 6) is -1.15. The molecule has 2 N–H and O–H groups in total. The number of carbonyl (C=O) groups excluding carboxylic acids is 2. The molecule has 1 atom stereocenters. The molecule has 0 bridgehead atoms. The molecule has 7 heteroatoms. The zero-order chi connectivity index (χ0) is 14.8. The van der Waals surface area contributed by atoms with E-state index >= 15 is 0 Å². The number of carbonyl (C=O) groups is 2. The summed E-state index contributed by atoms with van der Waals surface area (Å²) in [5, 5.41) is 4.95. The number of hydrogen-bond donors (Lipinski definition) is 2. The van der Waals surface area contributed by atoms with Crippen molar-refractivity contribution in [3.8, 4) is 0 Å². The van der Waals surface area contributed by atoms with Gasteiger partial charge in [-0.3, -0.25) is 9.59 Å². The van der Waals surface area contributed by atoms with Gasteiger partial charge in [0.1, 0.15) is 0 Å². The minimum atomic E-state index is -4.45. The number of halogens is 3. The maximum Gasteiger partial charge on any atom is 0.416 e. The minimum Gasteiger partial charge on any atom is -0.355 e. The van der Waals surface area contributed by atoms with Crippen LogP contribution in [0.1, 0.15) is 17.5 Å². The average Bonchev–Trinajstić information content (AvgIpc) is 2.82. The van der Waals surface area contributed by atoms with Gasteiger partial charge in [-0.2, -0.15) is 13.2 Å². The van der Waals surface area contributed by atoms with Gasteiger partial charge in [0.15, 0.2) is 0 Å². The van der Waals surface area contributed by atoms with Gasteiger partial charge in [-0.1, -0.05) is 18.2 Å². The second kappa shape index (κ2) is 5.52. The highest BCUT2D eigenvalue weighted by Gasteiger charge is 2.33. The molecule has 4 nitrogen and oxygen atoms in total. The molecule has 20 heavy (non-hydrogen) atoms. The van der Waals surface area contributed by atoms with Gasteiger partial charge in [0.25, 0.3) is 0 Å². The van der Waals surface area contributed by atoms with E-state index in [1.807, 2.05) is 0 Å². The maximum atomic E-state index is 12.8. The summed E-state index contributed by atoms with van der Waals surface area (Å²) in [4.78, 5) is 22.7. The summed E-state index contributed by atoms with van der Waals surface area (Å²) in [6.45, 7) is 0.0186. The van der Waals surface area contributed by atoms with Gasteiger partial charge in [-0.15, -0.1) is 0 Å². The first-order valence-corrected chi connectivity index (χ1v) is 6.07. The lowest BCUT2D eigenvalue weighted by molar-refractivity contribution is -0.138. The lowest BCUT2D eigenvalue weighted by Crippen LogP contribution is -2.32. The van der Waals surface area contributed by atoms with Crippen LogP contribution in [0.5, 0.6) is 0 Å². The van der Waals surface area contributed by atoms with Gasteiger partial charge in [0.2, 0.25) is 11.8 Å². The summed E-state index contributed by atoms with van der Waals surface area (Å²) in [5.41, 5.74) is -0.758. The molecule has 0 spiro atoms. The molecular weight excluding hydrogens is 273 g/mol. The Balaban J connectivity index is 2.01. The lowest BCUT2D eigenvalue weighted by Gasteiger charge is -2.14. The van der Waals surface area contributed by atoms with Crippen LogP contribution in [0.4, 0.5) is 13.2 Å². The second-order valence-corrected chi connectivity index (χ2v) is 4.58. The first-order chi connectivity index (χ1) is 9.38. The van der Waals surface area contributed by atoms with Crippen LogP contribution >= 0.6 is 0 Å². The molecule has 2 amide bonds. The van der Waals surface area contributed by atoms with E-state index in [9.17, 15) is 22.8 Å². The summed E-state index contributed by atoms with van der Waals surface area (Å²) in [6, 6.07) is 5.08. The van der Waals surface area contributed by atoms with Crippen LogP contribution in [-0.4, -0.2) is 18.4 Å². The van der Waals surface area contributed by atoms with E-state index in [0.29, 0.717) is 0 Å². The fourth-order valence-electron chi connectivity index (χ4n) is 2.07. The Bertz CT molecular complexity index is 529. The van der Waals surface area contributed by atoms with Gasteiger partial charge in [0.05, 0.1) is 11.5 Å². The number of nitrogens with one attached hydrogen (secondary N) is 2. The van der Waals surface area contributed by atoms with E-state index in [2.05, 4.69) is 10.6 Å². The fraction of sp³-hybridized carbons (Fsp3) is 0.385. The summed E-state index contributed by atoms with van der Waals surface area (Å²) in [7, 11) is 0. The zero-order valence-electron chi connectivity index (χ0n) is 10.5. The van der Waals surface area contributed by atoms with Crippen LogP contribution in [0.25, 0.3) is 0 Å². The van der Waals surface area contributed by atoms with Crippen LogP contribution in [0, 0.1) is 5.92 Å². The predicted molar refractivity (Wildman–Crippen MR) is 64.4 cm³/mol. The smallest absolute Gasteiger partial charge is 0.355 e. The highest BCUT2D eigenvalue weighted by Crippen LogP contribution is 2.31. The maximum absolute atomic E-state index is 12.8. The highest BCUT2D eigenvalue weighted by molar-refractivity contribution is 5.89. The summed E-state index contributed by atoms with van der Waals surface area (Å²) < 4.78 is 38.3. The van der Waals surface area contributed by atoms with Gasteiger partial charge >= 0.3 is 6.18 Å². The topological polar surface area (TPSA) is 58.2 Å². The Labute approximate surface area is 113 Å². The van der Waals surface area contributed by atoms with Gasteiger partial charge < -0.3 is 10.6 Å². The molecule has 0 aliphatic carbocycles. The predicted octanol–water partition coefficient (Wildman–Crippen LogP) is 1.46. The van der Waals surface area contributed by atoms with E-state index < -0.39 is 23.6 Å². The van der Waals surface area contributed by atoms with E-state index in [1.54, 1.807) is 0 Å². The van der Waals surface area contributed by atoms with E-state index in [4.69, 9.17) is 0 Å². The minimum absolute atomic E-state index is 0.00522. The number of alkyl halides is 3. The lowest BCUT2D eigenvalue weighted by atomic mass is 10.1. The van der Waals surface area contributed by atoms with E-state index in [0.717, 1.165) is 6.07 Å². The quantitative estimate of drug-likeness (QED) is 0.883. The van der Waals surface area contributed by atoms with Gasteiger partial charge in [-0.05, 0) is 11.6 Å². The Kier molecular flexibility index (Phi) is 3.96. The van der Waals surface area contributed by atoms with Crippen LogP contribution in [-0.2, 0) is 22.3 Å². The van der Waals surface area contributed by atoms with Crippen LogP contribution in [0.3, 0.4) is 0 Å². The van der Waals surface area contributed by atoms with Crippen molar-refractivity contribution < 1.29 is 22.8 Å². The van der Waals surface area contributed by atoms with Crippen LogP contribution in [0.15, 0.2) is 24.3 Å². The van der Waals surface area contributed by atoms with Crippen molar-refractivity contribution in [2.75, 3.05) is 6.54 Å². The van der Waals surface area contributed by atoms with Crippen molar-refractivity contribution in [3.05, 3.63) is 35.4 Å². The molecule has 1 fully saturated rings. The zero-order valence-corrected chi connectivity index (χ0v) is 10.5. The third-order valence-electron chi connectivity index (χ3n) is 3.12. The molecule has 1 heterocycles. The monoisotopic (exact) mass is 286 g/mol. The number of hydrogen-bond acceptors (Lipinski definition) is 2. The molecule has 1 saturated heterocycles. The van der Waals surface area contributed by atoms with Crippen molar-refractivity contribution in [2.45, 2.75) is 19.1 Å². The summed E-state index contributed by atoms with van der Waals surface area (Å²) in [6.07, 6.45) is -4.38. The molecule has 0 radical (unpaired) electrons. The van der Waals surface area contributed by atoms with Crippen LogP contribution < -0.4 is 10.6 Å². The normalized spacial score (nSPS) is 18.8. The average molecular weight is 286 g/mol. The van der Waals surface area contributed by atoms with E-state index in [-0.39, 0.29) is 31.0 Å². The second-order valence-electron chi connectivity index (χ2n) is 4.58. The van der Waals surface area contributed by atoms with Gasteiger partial charge in [0, 0.05) is 19.5 Å². The molecule has 1 aliphatic rings. The molecule has 108 valence electrons. The highest BCUT2D eigenvalue weighted by atomic mass is 19.4. The standard InChI is InChI=1S/C13H13F3N2O2/c14-13(15,16)10-4-2-1-3-8(10)6-18-12(20)9-5-11(19)17-7-9/h1-4,9H,5-7H2,(H,17,19)(H,18,20). The molecule has 0 saturated carbocycles. The van der Waals surface area contributed by atoms with Crippen molar-refractivity contribution in [1.82, 2.24) is 10.6 Å². The number of benzene rings is 1. The Morgan fingerprint density at radius 3 is 2.65 bits per heavy atom. The SMILES string of the molecule is O=C1CC(C(=O)NCc2ccccc2C(F)(F)F)CN1. The Morgan fingerprint density at radius 2 is 2.05 bits per heavy atom. The summed E-state index contributed by atoms with van der Waals surface area (Å²) >= 11 is 0. The molecule has 1 unspecified atom stereocenters. The number of rotatable bonds is 3. The molecule has 1 aliphatic heterocycles. The third kappa shape index (κ3) is 3.28. The Hall–Kier alpha value is -2.05. The molecule has 1 aromatic carbocycles. The van der Waals surface area contributed by atoms with Gasteiger partial charge in [-0.25, -0.2) is 0 Å². The molecule has 1 aromatic rings.